The van der Waals surface area contributed by atoms with Crippen LogP contribution in [0.15, 0.2) is 36.5 Å². The van der Waals surface area contributed by atoms with E-state index in [0.717, 1.165) is 17.1 Å². The normalized spacial score (nSPS) is 10.6. The average molecular weight is 246 g/mol. The summed E-state index contributed by atoms with van der Waals surface area (Å²) in [7, 11) is 0. The number of carbonyl (C=O) groups excluding carboxylic acids is 1. The molecular weight excluding hydrogens is 236 g/mol. The van der Waals surface area contributed by atoms with Gasteiger partial charge >= 0.3 is 0 Å². The van der Waals surface area contributed by atoms with Crippen LogP contribution in [0.1, 0.15) is 5.56 Å². The van der Waals surface area contributed by atoms with E-state index in [0.29, 0.717) is 10.7 Å². The first-order chi connectivity index (χ1) is 8.24. The number of nitrogen functional groups attached to an aromatic ring is 1. The second-order valence-corrected chi connectivity index (χ2v) is 4.06. The Hall–Kier alpha value is -2.21. The molecular formula is C11H10N4OS. The highest BCUT2D eigenvalue weighted by Crippen LogP contribution is 2.10. The fourth-order valence-electron chi connectivity index (χ4n) is 1.16. The van der Waals surface area contributed by atoms with E-state index in [1.54, 1.807) is 18.2 Å². The second kappa shape index (κ2) is 5.22. The number of benzene rings is 1. The number of aromatic nitrogens is 2. The molecule has 0 bridgehead atoms. The Morgan fingerprint density at radius 3 is 2.76 bits per heavy atom. The molecule has 3 N–H and O–H groups in total. The Balaban J connectivity index is 1.96. The molecule has 0 aliphatic heterocycles. The summed E-state index contributed by atoms with van der Waals surface area (Å²) in [6.45, 7) is 0. The van der Waals surface area contributed by atoms with Gasteiger partial charge in [0, 0.05) is 23.3 Å². The monoisotopic (exact) mass is 246 g/mol. The van der Waals surface area contributed by atoms with Crippen LogP contribution in [0.5, 0.6) is 0 Å². The standard InChI is InChI=1S/C11H10N4OS/c12-9-4-1-8(2-5-9)3-6-10(16)14-11-7-13-15-17-11/h1-7H,12H2,(H,14,16)/b6-3+. The van der Waals surface area contributed by atoms with Gasteiger partial charge in [-0.2, -0.15) is 0 Å². The van der Waals surface area contributed by atoms with Crippen molar-refractivity contribution in [1.29, 1.82) is 0 Å². The minimum absolute atomic E-state index is 0.215. The van der Waals surface area contributed by atoms with Gasteiger partial charge in [-0.05, 0) is 23.8 Å². The van der Waals surface area contributed by atoms with E-state index >= 15 is 0 Å². The SMILES string of the molecule is Nc1ccc(/C=C/C(=O)Nc2cnns2)cc1. The molecule has 1 aromatic carbocycles. The molecule has 0 saturated carbocycles. The molecule has 0 spiro atoms. The van der Waals surface area contributed by atoms with Crippen LogP contribution in [-0.2, 0) is 4.79 Å². The molecule has 1 amide bonds. The highest BCUT2D eigenvalue weighted by molar-refractivity contribution is 7.10. The molecule has 0 atom stereocenters. The molecule has 2 aromatic rings. The van der Waals surface area contributed by atoms with E-state index in [1.807, 2.05) is 12.1 Å². The Bertz CT molecular complexity index is 519. The lowest BCUT2D eigenvalue weighted by Crippen LogP contribution is -2.06. The summed E-state index contributed by atoms with van der Waals surface area (Å²) in [6.07, 6.45) is 4.66. The number of anilines is 2. The highest BCUT2D eigenvalue weighted by Gasteiger charge is 1.99. The Morgan fingerprint density at radius 1 is 1.35 bits per heavy atom. The van der Waals surface area contributed by atoms with E-state index in [2.05, 4.69) is 14.9 Å². The Labute approximate surface area is 102 Å². The summed E-state index contributed by atoms with van der Waals surface area (Å²) < 4.78 is 3.64. The summed E-state index contributed by atoms with van der Waals surface area (Å²) in [5, 5.41) is 6.89. The molecule has 0 radical (unpaired) electrons. The smallest absolute Gasteiger partial charge is 0.249 e. The zero-order valence-corrected chi connectivity index (χ0v) is 9.65. The van der Waals surface area contributed by atoms with E-state index in [-0.39, 0.29) is 5.91 Å². The first-order valence-corrected chi connectivity index (χ1v) is 5.63. The minimum Gasteiger partial charge on any atom is -0.399 e. The molecule has 0 aliphatic rings. The van der Waals surface area contributed by atoms with Crippen LogP contribution >= 0.6 is 11.5 Å². The maximum absolute atomic E-state index is 11.5. The molecule has 0 fully saturated rings. The molecule has 1 heterocycles. The zero-order valence-electron chi connectivity index (χ0n) is 8.83. The van der Waals surface area contributed by atoms with Gasteiger partial charge in [0.1, 0.15) is 5.00 Å². The Kier molecular flexibility index (Phi) is 3.46. The van der Waals surface area contributed by atoms with Crippen molar-refractivity contribution in [2.75, 3.05) is 11.1 Å². The fourth-order valence-corrected chi connectivity index (χ4v) is 1.59. The van der Waals surface area contributed by atoms with Crippen molar-refractivity contribution in [2.45, 2.75) is 0 Å². The predicted octanol–water partition coefficient (Wildman–Crippen LogP) is 1.77. The molecule has 5 nitrogen and oxygen atoms in total. The first kappa shape index (κ1) is 11.3. The number of amides is 1. The Morgan fingerprint density at radius 2 is 2.12 bits per heavy atom. The molecule has 1 aromatic heterocycles. The number of nitrogens with one attached hydrogen (secondary N) is 1. The maximum Gasteiger partial charge on any atom is 0.249 e. The maximum atomic E-state index is 11.5. The predicted molar refractivity (Wildman–Crippen MR) is 68.4 cm³/mol. The number of carbonyl (C=O) groups is 1. The van der Waals surface area contributed by atoms with Gasteiger partial charge in [0.2, 0.25) is 5.91 Å². The van der Waals surface area contributed by atoms with Gasteiger partial charge in [-0.3, -0.25) is 4.79 Å². The second-order valence-electron chi connectivity index (χ2n) is 3.27. The number of nitrogens with two attached hydrogens (primary N) is 1. The number of hydrogen-bond acceptors (Lipinski definition) is 5. The van der Waals surface area contributed by atoms with Gasteiger partial charge in [0.05, 0.1) is 6.20 Å². The van der Waals surface area contributed by atoms with Crippen LogP contribution in [-0.4, -0.2) is 15.5 Å². The summed E-state index contributed by atoms with van der Waals surface area (Å²) >= 11 is 1.13. The van der Waals surface area contributed by atoms with Crippen molar-refractivity contribution in [2.24, 2.45) is 0 Å². The third-order valence-electron chi connectivity index (χ3n) is 1.97. The quantitative estimate of drug-likeness (QED) is 0.639. The van der Waals surface area contributed by atoms with Gasteiger partial charge < -0.3 is 11.1 Å². The van der Waals surface area contributed by atoms with Gasteiger partial charge in [-0.15, -0.1) is 5.10 Å². The topological polar surface area (TPSA) is 80.9 Å². The molecule has 0 unspecified atom stereocenters. The molecule has 86 valence electrons. The third-order valence-corrected chi connectivity index (χ3v) is 2.55. The lowest BCUT2D eigenvalue weighted by atomic mass is 10.2. The molecule has 0 aliphatic carbocycles. The van der Waals surface area contributed by atoms with Crippen LogP contribution < -0.4 is 11.1 Å². The third kappa shape index (κ3) is 3.39. The summed E-state index contributed by atoms with van der Waals surface area (Å²) in [4.78, 5) is 11.5. The lowest BCUT2D eigenvalue weighted by Gasteiger charge is -1.96. The molecule has 2 rings (SSSR count). The number of rotatable bonds is 3. The van der Waals surface area contributed by atoms with Gasteiger partial charge in [0.15, 0.2) is 0 Å². The van der Waals surface area contributed by atoms with E-state index in [4.69, 9.17) is 5.73 Å². The minimum atomic E-state index is -0.215. The summed E-state index contributed by atoms with van der Waals surface area (Å²) in [5.41, 5.74) is 7.17. The van der Waals surface area contributed by atoms with Crippen LogP contribution in [0.4, 0.5) is 10.7 Å². The number of nitrogens with zero attached hydrogens (tertiary/aromatic N) is 2. The van der Waals surface area contributed by atoms with Gasteiger partial charge in [0.25, 0.3) is 0 Å². The van der Waals surface area contributed by atoms with Crippen LogP contribution in [0.2, 0.25) is 0 Å². The van der Waals surface area contributed by atoms with Crippen molar-refractivity contribution in [3.63, 3.8) is 0 Å². The summed E-state index contributed by atoms with van der Waals surface area (Å²) in [6, 6.07) is 7.25. The van der Waals surface area contributed by atoms with Crippen LogP contribution in [0.3, 0.4) is 0 Å². The highest BCUT2D eigenvalue weighted by atomic mass is 32.1. The zero-order chi connectivity index (χ0) is 12.1. The molecule has 6 heteroatoms. The summed E-state index contributed by atoms with van der Waals surface area (Å²) in [5.74, 6) is -0.215. The fraction of sp³-hybridized carbons (Fsp3) is 0. The van der Waals surface area contributed by atoms with Crippen molar-refractivity contribution in [3.05, 3.63) is 42.1 Å². The van der Waals surface area contributed by atoms with Crippen LogP contribution in [0.25, 0.3) is 6.08 Å². The van der Waals surface area contributed by atoms with Gasteiger partial charge in [-0.25, -0.2) is 0 Å². The van der Waals surface area contributed by atoms with Crippen molar-refractivity contribution in [1.82, 2.24) is 9.59 Å². The lowest BCUT2D eigenvalue weighted by molar-refractivity contribution is -0.111. The van der Waals surface area contributed by atoms with Crippen LogP contribution in [0, 0.1) is 0 Å². The van der Waals surface area contributed by atoms with Crippen molar-refractivity contribution in [3.8, 4) is 0 Å². The first-order valence-electron chi connectivity index (χ1n) is 4.86. The van der Waals surface area contributed by atoms with Crippen molar-refractivity contribution >= 4 is 34.2 Å². The number of hydrogen-bond donors (Lipinski definition) is 2. The molecule has 17 heavy (non-hydrogen) atoms. The van der Waals surface area contributed by atoms with E-state index < -0.39 is 0 Å². The molecule has 0 saturated heterocycles. The average Bonchev–Trinajstić information content (AvgIpc) is 2.81. The van der Waals surface area contributed by atoms with E-state index in [9.17, 15) is 4.79 Å². The van der Waals surface area contributed by atoms with Crippen molar-refractivity contribution < 1.29 is 4.79 Å². The largest absolute Gasteiger partial charge is 0.399 e. The van der Waals surface area contributed by atoms with Gasteiger partial charge in [-0.1, -0.05) is 16.6 Å². The van der Waals surface area contributed by atoms with E-state index in [1.165, 1.54) is 12.3 Å².